The second kappa shape index (κ2) is 6.96. The highest BCUT2D eigenvalue weighted by Gasteiger charge is 2.33. The molecule has 2 rings (SSSR count). The molecule has 25 heavy (non-hydrogen) atoms. The fraction of sp³-hybridized carbons (Fsp3) is 0.167. The van der Waals surface area contributed by atoms with Gasteiger partial charge in [-0.3, -0.25) is 0 Å². The number of nitrogens with zero attached hydrogens (tertiary/aromatic N) is 2. The number of carboxylic acid groups (broad SMARTS) is 1. The van der Waals surface area contributed by atoms with Crippen LogP contribution in [0.3, 0.4) is 0 Å². The van der Waals surface area contributed by atoms with E-state index in [1.807, 2.05) is 0 Å². The Kier molecular flexibility index (Phi) is 5.50. The third-order valence-electron chi connectivity index (χ3n) is 2.75. The molecule has 136 valence electrons. The molecular weight excluding hydrogens is 466 g/mol. The summed E-state index contributed by atoms with van der Waals surface area (Å²) in [5, 5.41) is 11.4. The molecule has 13 heteroatoms. The van der Waals surface area contributed by atoms with Gasteiger partial charge in [-0.25, -0.2) is 9.48 Å². The van der Waals surface area contributed by atoms with E-state index in [1.54, 1.807) is 0 Å². The summed E-state index contributed by atoms with van der Waals surface area (Å²) < 4.78 is 67.5. The van der Waals surface area contributed by atoms with Gasteiger partial charge in [0.2, 0.25) is 5.69 Å². The molecule has 2 aromatic rings. The summed E-state index contributed by atoms with van der Waals surface area (Å²) in [7, 11) is 0. The van der Waals surface area contributed by atoms with Gasteiger partial charge < -0.3 is 9.84 Å². The number of rotatable bonds is 4. The molecule has 5 nitrogen and oxygen atoms in total. The summed E-state index contributed by atoms with van der Waals surface area (Å²) in [5.74, 6) is -2.55. The van der Waals surface area contributed by atoms with Gasteiger partial charge in [-0.15, -0.1) is 0 Å². The first-order valence-corrected chi connectivity index (χ1v) is 7.51. The minimum Gasteiger partial charge on any atom is -0.476 e. The van der Waals surface area contributed by atoms with Crippen molar-refractivity contribution >= 4 is 45.1 Å². The highest BCUT2D eigenvalue weighted by molar-refractivity contribution is 9.10. The van der Waals surface area contributed by atoms with Crippen LogP contribution in [0.4, 0.5) is 22.0 Å². The maximum absolute atomic E-state index is 12.7. The number of aromatic carboxylic acids is 1. The molecule has 0 fully saturated rings. The van der Waals surface area contributed by atoms with Crippen LogP contribution in [0, 0.1) is 0 Å². The molecule has 0 aliphatic carbocycles. The lowest BCUT2D eigenvalue weighted by molar-refractivity contribution is -0.137. The molecule has 0 aliphatic rings. The van der Waals surface area contributed by atoms with Gasteiger partial charge in [0, 0.05) is 0 Å². The van der Waals surface area contributed by atoms with Crippen molar-refractivity contribution in [3.63, 3.8) is 0 Å². The third kappa shape index (κ3) is 3.98. The van der Waals surface area contributed by atoms with Crippen molar-refractivity contribution in [1.82, 2.24) is 9.78 Å². The smallest absolute Gasteiger partial charge is 0.416 e. The van der Waals surface area contributed by atoms with E-state index < -0.39 is 50.4 Å². The number of carboxylic acids is 1. The van der Waals surface area contributed by atoms with Crippen LogP contribution in [0.2, 0.25) is 10.0 Å². The Morgan fingerprint density at radius 1 is 1.28 bits per heavy atom. The molecule has 1 heterocycles. The van der Waals surface area contributed by atoms with E-state index in [0.29, 0.717) is 16.8 Å². The van der Waals surface area contributed by atoms with Crippen LogP contribution in [0.25, 0.3) is 5.69 Å². The third-order valence-corrected chi connectivity index (χ3v) is 4.03. The van der Waals surface area contributed by atoms with Gasteiger partial charge in [-0.2, -0.15) is 27.1 Å². The lowest BCUT2D eigenvalue weighted by Gasteiger charge is -2.13. The van der Waals surface area contributed by atoms with Crippen LogP contribution < -0.4 is 4.74 Å². The van der Waals surface area contributed by atoms with Crippen molar-refractivity contribution in [3.05, 3.63) is 38.0 Å². The summed E-state index contributed by atoms with van der Waals surface area (Å²) in [6.07, 6.45) is -4.73. The van der Waals surface area contributed by atoms with Crippen molar-refractivity contribution in [3.8, 4) is 11.4 Å². The van der Waals surface area contributed by atoms with Crippen LogP contribution in [0.15, 0.2) is 16.7 Å². The summed E-state index contributed by atoms with van der Waals surface area (Å²) in [5.41, 5.74) is -2.42. The molecule has 1 N–H and O–H groups in total. The minimum atomic E-state index is -4.73. The molecule has 0 spiro atoms. The Morgan fingerprint density at radius 2 is 1.80 bits per heavy atom. The fourth-order valence-electron chi connectivity index (χ4n) is 1.80. The summed E-state index contributed by atoms with van der Waals surface area (Å²) >= 11 is 14.4. The molecule has 0 saturated carbocycles. The number of benzene rings is 1. The Balaban J connectivity index is 2.69. The van der Waals surface area contributed by atoms with Gasteiger partial charge in [0.15, 0.2) is 10.4 Å². The number of carbonyl (C=O) groups is 1. The Bertz CT molecular complexity index is 818. The van der Waals surface area contributed by atoms with E-state index in [-0.39, 0.29) is 5.69 Å². The standard InChI is InChI=1S/C12H4BrCl2F5N2O3/c13-9-8(25-11(16)17)6(10(23)24)21-22(9)7-4(14)1-3(2-5(7)15)12(18,19)20/h1-2,11H,(H,23,24). The average molecular weight is 470 g/mol. The normalized spacial score (nSPS) is 11.9. The maximum atomic E-state index is 12.7. The number of hydrogen-bond acceptors (Lipinski definition) is 3. The van der Waals surface area contributed by atoms with Gasteiger partial charge in [-0.05, 0) is 28.1 Å². The molecule has 0 radical (unpaired) electrons. The molecule has 1 aromatic carbocycles. The fourth-order valence-corrected chi connectivity index (χ4v) is 2.98. The zero-order valence-electron chi connectivity index (χ0n) is 11.4. The van der Waals surface area contributed by atoms with Gasteiger partial charge >= 0.3 is 18.8 Å². The predicted molar refractivity (Wildman–Crippen MR) is 79.9 cm³/mol. The van der Waals surface area contributed by atoms with Crippen LogP contribution >= 0.6 is 39.1 Å². The molecule has 0 unspecified atom stereocenters. The first kappa shape index (κ1) is 19.7. The summed E-state index contributed by atoms with van der Waals surface area (Å²) in [6, 6.07) is 1.07. The monoisotopic (exact) mass is 468 g/mol. The van der Waals surface area contributed by atoms with Gasteiger partial charge in [0.25, 0.3) is 0 Å². The number of aromatic nitrogens is 2. The molecule has 0 atom stereocenters. The number of hydrogen-bond donors (Lipinski definition) is 1. The Morgan fingerprint density at radius 3 is 2.20 bits per heavy atom. The second-order valence-corrected chi connectivity index (χ2v) is 5.92. The predicted octanol–water partition coefficient (Wildman–Crippen LogP) is 5.26. The lowest BCUT2D eigenvalue weighted by Crippen LogP contribution is -2.08. The van der Waals surface area contributed by atoms with Gasteiger partial charge in [0.1, 0.15) is 5.69 Å². The molecule has 0 amide bonds. The number of alkyl halides is 5. The van der Waals surface area contributed by atoms with Crippen molar-refractivity contribution in [2.45, 2.75) is 12.8 Å². The first-order chi connectivity index (χ1) is 11.4. The molecule has 1 aromatic heterocycles. The zero-order valence-corrected chi connectivity index (χ0v) is 14.5. The lowest BCUT2D eigenvalue weighted by atomic mass is 10.2. The molecule has 0 aliphatic heterocycles. The number of ether oxygens (including phenoxy) is 1. The Hall–Kier alpha value is -1.59. The van der Waals surface area contributed by atoms with Crippen LogP contribution in [0.1, 0.15) is 16.1 Å². The van der Waals surface area contributed by atoms with E-state index in [1.165, 1.54) is 0 Å². The highest BCUT2D eigenvalue weighted by atomic mass is 79.9. The first-order valence-electron chi connectivity index (χ1n) is 5.96. The van der Waals surface area contributed by atoms with Crippen LogP contribution in [-0.2, 0) is 6.18 Å². The summed E-state index contributed by atoms with van der Waals surface area (Å²) in [6.45, 7) is -3.37. The van der Waals surface area contributed by atoms with Crippen molar-refractivity contribution < 1.29 is 36.6 Å². The number of halogens is 8. The van der Waals surface area contributed by atoms with E-state index in [4.69, 9.17) is 28.3 Å². The quantitative estimate of drug-likeness (QED) is 0.620. The maximum Gasteiger partial charge on any atom is 0.416 e. The van der Waals surface area contributed by atoms with Gasteiger partial charge in [0.05, 0.1) is 15.6 Å². The van der Waals surface area contributed by atoms with Gasteiger partial charge in [-0.1, -0.05) is 23.2 Å². The highest BCUT2D eigenvalue weighted by Crippen LogP contribution is 2.40. The van der Waals surface area contributed by atoms with E-state index in [2.05, 4.69) is 25.8 Å². The molecule has 0 bridgehead atoms. The van der Waals surface area contributed by atoms with Crippen LogP contribution in [-0.4, -0.2) is 27.5 Å². The van der Waals surface area contributed by atoms with Crippen LogP contribution in [0.5, 0.6) is 5.75 Å². The van der Waals surface area contributed by atoms with E-state index >= 15 is 0 Å². The van der Waals surface area contributed by atoms with Crippen molar-refractivity contribution in [2.24, 2.45) is 0 Å². The topological polar surface area (TPSA) is 64.3 Å². The second-order valence-electron chi connectivity index (χ2n) is 4.35. The average Bonchev–Trinajstić information content (AvgIpc) is 2.75. The zero-order chi connectivity index (χ0) is 19.1. The van der Waals surface area contributed by atoms with Crippen molar-refractivity contribution in [1.29, 1.82) is 0 Å². The van der Waals surface area contributed by atoms with E-state index in [0.717, 1.165) is 0 Å². The largest absolute Gasteiger partial charge is 0.476 e. The SMILES string of the molecule is O=C(O)c1nn(-c2c(Cl)cc(C(F)(F)F)cc2Cl)c(Br)c1OC(F)F. The van der Waals surface area contributed by atoms with E-state index in [9.17, 15) is 26.7 Å². The summed E-state index contributed by atoms with van der Waals surface area (Å²) in [4.78, 5) is 11.1. The van der Waals surface area contributed by atoms with Crippen molar-refractivity contribution in [2.75, 3.05) is 0 Å². The Labute approximate surface area is 154 Å². The molecule has 0 saturated heterocycles. The molecular formula is C12H4BrCl2F5N2O3. The minimum absolute atomic E-state index is 0.352.